The third kappa shape index (κ3) is 26.3. The monoisotopic (exact) mass is 672 g/mol. The second-order valence-corrected chi connectivity index (χ2v) is 10.9. The average molecular weight is 673 g/mol. The van der Waals surface area contributed by atoms with E-state index in [1.165, 1.54) is 82.1 Å². The van der Waals surface area contributed by atoms with Crippen LogP contribution in [0.3, 0.4) is 0 Å². The molecule has 1 atom stereocenters. The maximum Gasteiger partial charge on any atom is 0.157 e. The van der Waals surface area contributed by atoms with Gasteiger partial charge in [0.15, 0.2) is 11.5 Å². The molecule has 4 N–H and O–H groups in total. The second-order valence-electron chi connectivity index (χ2n) is 10.9. The van der Waals surface area contributed by atoms with Crippen molar-refractivity contribution in [3.63, 3.8) is 0 Å². The van der Waals surface area contributed by atoms with Crippen molar-refractivity contribution in [2.45, 2.75) is 130 Å². The SMILES string of the molecule is CC.CCCC=O.CCCCC/C=C\C/C=C\CCCCCCCC=O.COC1COc2cc(O)cc(O)c2C1.Oc1ccccc1O. The number of carbonyl (C=O) groups is 2. The number of para-hydroxylation sites is 2. The highest BCUT2D eigenvalue weighted by Gasteiger charge is 2.22. The number of unbranched alkanes of at least 4 members (excludes halogenated alkanes) is 10. The molecule has 0 aliphatic carbocycles. The third-order valence-corrected chi connectivity index (χ3v) is 6.92. The molecule has 1 aliphatic heterocycles. The zero-order valence-corrected chi connectivity index (χ0v) is 30.2. The lowest BCUT2D eigenvalue weighted by atomic mass is 10.0. The highest BCUT2D eigenvalue weighted by molar-refractivity contribution is 5.50. The van der Waals surface area contributed by atoms with E-state index >= 15 is 0 Å². The summed E-state index contributed by atoms with van der Waals surface area (Å²) in [5.41, 5.74) is 0.695. The van der Waals surface area contributed by atoms with Gasteiger partial charge in [-0.15, -0.1) is 0 Å². The number of hydrogen-bond acceptors (Lipinski definition) is 8. The molecule has 0 fully saturated rings. The molecule has 2 aromatic rings. The molecule has 0 spiro atoms. The molecule has 0 aromatic heterocycles. The fourth-order valence-electron chi connectivity index (χ4n) is 4.19. The lowest BCUT2D eigenvalue weighted by Crippen LogP contribution is -2.27. The van der Waals surface area contributed by atoms with Crippen LogP contribution in [0.1, 0.15) is 123 Å². The summed E-state index contributed by atoms with van der Waals surface area (Å²) in [7, 11) is 1.61. The predicted molar refractivity (Wildman–Crippen MR) is 197 cm³/mol. The van der Waals surface area contributed by atoms with Gasteiger partial charge in [0.05, 0.1) is 6.10 Å². The summed E-state index contributed by atoms with van der Waals surface area (Å²) in [5, 5.41) is 36.1. The van der Waals surface area contributed by atoms with E-state index in [2.05, 4.69) is 31.2 Å². The molecule has 0 saturated carbocycles. The van der Waals surface area contributed by atoms with E-state index < -0.39 is 0 Å². The molecular weight excluding hydrogens is 608 g/mol. The van der Waals surface area contributed by atoms with Crippen LogP contribution in [0.5, 0.6) is 28.7 Å². The lowest BCUT2D eigenvalue weighted by Gasteiger charge is -2.24. The average Bonchev–Trinajstić information content (AvgIpc) is 3.10. The van der Waals surface area contributed by atoms with Gasteiger partial charge in [-0.3, -0.25) is 0 Å². The van der Waals surface area contributed by atoms with E-state index in [-0.39, 0.29) is 29.1 Å². The Hall–Kier alpha value is -3.78. The zero-order valence-electron chi connectivity index (χ0n) is 30.2. The van der Waals surface area contributed by atoms with Gasteiger partial charge in [0.2, 0.25) is 0 Å². The molecular formula is C40H64O8. The number of phenolic OH excluding ortho intramolecular Hbond substituents is 4. The van der Waals surface area contributed by atoms with Gasteiger partial charge in [0.1, 0.15) is 36.4 Å². The largest absolute Gasteiger partial charge is 0.508 e. The van der Waals surface area contributed by atoms with Gasteiger partial charge in [0.25, 0.3) is 0 Å². The van der Waals surface area contributed by atoms with Gasteiger partial charge >= 0.3 is 0 Å². The fraction of sp³-hybridized carbons (Fsp3) is 0.550. The summed E-state index contributed by atoms with van der Waals surface area (Å²) in [6.45, 7) is 8.68. The first kappa shape index (κ1) is 46.3. The van der Waals surface area contributed by atoms with Crippen LogP contribution in [-0.2, 0) is 20.7 Å². The molecule has 8 heteroatoms. The Kier molecular flexibility index (Phi) is 33.4. The quantitative estimate of drug-likeness (QED) is 0.0565. The van der Waals surface area contributed by atoms with Crippen LogP contribution < -0.4 is 4.74 Å². The highest BCUT2D eigenvalue weighted by atomic mass is 16.5. The minimum absolute atomic E-state index is 0.0112. The van der Waals surface area contributed by atoms with E-state index in [4.69, 9.17) is 19.7 Å². The summed E-state index contributed by atoms with van der Waals surface area (Å²) in [6, 6.07) is 8.95. The molecule has 0 radical (unpaired) electrons. The summed E-state index contributed by atoms with van der Waals surface area (Å²) >= 11 is 0. The molecule has 272 valence electrons. The molecule has 0 amide bonds. The topological polar surface area (TPSA) is 134 Å². The molecule has 1 aliphatic rings. The van der Waals surface area contributed by atoms with Crippen LogP contribution >= 0.6 is 0 Å². The maximum atomic E-state index is 10.1. The lowest BCUT2D eigenvalue weighted by molar-refractivity contribution is -0.108. The van der Waals surface area contributed by atoms with Gasteiger partial charge in [-0.25, -0.2) is 0 Å². The minimum Gasteiger partial charge on any atom is -0.508 e. The van der Waals surface area contributed by atoms with Crippen LogP contribution in [0.4, 0.5) is 0 Å². The Bertz CT molecular complexity index is 1080. The van der Waals surface area contributed by atoms with Gasteiger partial charge in [-0.05, 0) is 57.1 Å². The third-order valence-electron chi connectivity index (χ3n) is 6.92. The number of rotatable bonds is 17. The van der Waals surface area contributed by atoms with E-state index in [0.29, 0.717) is 30.8 Å². The predicted octanol–water partition coefficient (Wildman–Crippen LogP) is 10.2. The Morgan fingerprint density at radius 3 is 1.73 bits per heavy atom. The van der Waals surface area contributed by atoms with Gasteiger partial charge in [-0.2, -0.15) is 0 Å². The summed E-state index contributed by atoms with van der Waals surface area (Å²) < 4.78 is 10.5. The molecule has 48 heavy (non-hydrogen) atoms. The van der Waals surface area contributed by atoms with Crippen LogP contribution in [0, 0.1) is 0 Å². The van der Waals surface area contributed by atoms with E-state index in [1.807, 2.05) is 20.8 Å². The number of benzene rings is 2. The van der Waals surface area contributed by atoms with Crippen molar-refractivity contribution < 1.29 is 39.5 Å². The van der Waals surface area contributed by atoms with Gasteiger partial charge in [-0.1, -0.05) is 96.2 Å². The fourth-order valence-corrected chi connectivity index (χ4v) is 4.19. The van der Waals surface area contributed by atoms with E-state index in [0.717, 1.165) is 38.3 Å². The van der Waals surface area contributed by atoms with Crippen molar-refractivity contribution >= 4 is 12.6 Å². The summed E-state index contributed by atoms with van der Waals surface area (Å²) in [4.78, 5) is 19.5. The van der Waals surface area contributed by atoms with Gasteiger partial charge < -0.3 is 39.5 Å². The van der Waals surface area contributed by atoms with Crippen molar-refractivity contribution in [3.8, 4) is 28.7 Å². The Morgan fingerprint density at radius 1 is 0.708 bits per heavy atom. The number of carbonyl (C=O) groups excluding carboxylic acids is 2. The first-order valence-corrected chi connectivity index (χ1v) is 17.7. The molecule has 1 heterocycles. The minimum atomic E-state index is -0.0764. The van der Waals surface area contributed by atoms with Gasteiger partial charge in [0, 0.05) is 44.1 Å². The zero-order chi connectivity index (χ0) is 36.3. The van der Waals surface area contributed by atoms with Crippen molar-refractivity contribution in [2.24, 2.45) is 0 Å². The standard InChI is InChI=1S/C18H32O.C10H12O4.C6H6O2.C4H8O.C2H6/c1-2-3-4-5-6-7-8-9-10-11-12-13-14-15-16-17-18-19;1-13-7-4-8-9(12)2-6(11)3-10(8)14-5-7;7-5-3-1-2-4-6(5)8;1-2-3-4-5;1-2/h6-7,9-10,18H,2-5,8,11-17H2,1H3;2-3,7,11-12H,4-5H2,1H3;1-4,7-8H;4H,2-3H2,1H3;1-2H3/b7-6-,10-9-;;;;. The number of allylic oxidation sites excluding steroid dienone is 4. The molecule has 1 unspecified atom stereocenters. The first-order chi connectivity index (χ1) is 23.3. The molecule has 3 rings (SSSR count). The summed E-state index contributed by atoms with van der Waals surface area (Å²) in [5.74, 6) is 0.453. The smallest absolute Gasteiger partial charge is 0.157 e. The van der Waals surface area contributed by atoms with Crippen molar-refractivity contribution in [1.29, 1.82) is 0 Å². The Morgan fingerprint density at radius 2 is 1.25 bits per heavy atom. The van der Waals surface area contributed by atoms with Crippen molar-refractivity contribution in [3.05, 3.63) is 66.3 Å². The van der Waals surface area contributed by atoms with E-state index in [9.17, 15) is 19.8 Å². The summed E-state index contributed by atoms with van der Waals surface area (Å²) in [6.07, 6.45) is 27.8. The van der Waals surface area contributed by atoms with Crippen molar-refractivity contribution in [1.82, 2.24) is 0 Å². The first-order valence-electron chi connectivity index (χ1n) is 17.7. The highest BCUT2D eigenvalue weighted by Crippen LogP contribution is 2.36. The number of aromatic hydroxyl groups is 4. The maximum absolute atomic E-state index is 10.1. The van der Waals surface area contributed by atoms with Crippen LogP contribution in [0.25, 0.3) is 0 Å². The number of fused-ring (bicyclic) bond motifs is 1. The Labute approximate surface area is 290 Å². The second kappa shape index (κ2) is 34.6. The Balaban J connectivity index is 0. The number of hydrogen-bond donors (Lipinski definition) is 4. The molecule has 8 nitrogen and oxygen atoms in total. The number of ether oxygens (including phenoxy) is 2. The molecule has 0 saturated heterocycles. The number of phenols is 4. The van der Waals surface area contributed by atoms with Crippen LogP contribution in [-0.4, -0.2) is 52.8 Å². The van der Waals surface area contributed by atoms with E-state index in [1.54, 1.807) is 19.2 Å². The molecule has 0 bridgehead atoms. The van der Waals surface area contributed by atoms with Crippen molar-refractivity contribution in [2.75, 3.05) is 13.7 Å². The number of methoxy groups -OCH3 is 1. The normalized spacial score (nSPS) is 12.8. The van der Waals surface area contributed by atoms with Crippen LogP contribution in [0.15, 0.2) is 60.7 Å². The van der Waals surface area contributed by atoms with Crippen LogP contribution in [0.2, 0.25) is 0 Å². The number of aldehydes is 2. The molecule has 2 aromatic carbocycles.